The number of benzene rings is 1. The highest BCUT2D eigenvalue weighted by atomic mass is 35.5. The molecule has 1 N–H and O–H groups in total. The maximum Gasteiger partial charge on any atom is 0.226 e. The van der Waals surface area contributed by atoms with Gasteiger partial charge in [-0.3, -0.25) is 9.59 Å². The van der Waals surface area contributed by atoms with Crippen LogP contribution in [0.15, 0.2) is 29.8 Å². The molecule has 1 aliphatic rings. The predicted octanol–water partition coefficient (Wildman–Crippen LogP) is 4.55. The fourth-order valence-electron chi connectivity index (χ4n) is 2.87. The van der Waals surface area contributed by atoms with E-state index in [2.05, 4.69) is 11.4 Å². The number of hydrogen-bond donors (Lipinski definition) is 1. The van der Waals surface area contributed by atoms with Gasteiger partial charge in [0, 0.05) is 32.1 Å². The highest BCUT2D eigenvalue weighted by Gasteiger charge is 2.13. The molecule has 25 heavy (non-hydrogen) atoms. The van der Waals surface area contributed by atoms with Gasteiger partial charge in [-0.25, -0.2) is 4.39 Å². The number of carbonyl (C=O) groups excluding carboxylic acids is 2. The molecule has 4 nitrogen and oxygen atoms in total. The molecule has 0 saturated heterocycles. The first kappa shape index (κ1) is 19.4. The zero-order valence-corrected chi connectivity index (χ0v) is 15.2. The van der Waals surface area contributed by atoms with E-state index < -0.39 is 5.82 Å². The number of nitrogens with one attached hydrogen (secondary N) is 1. The van der Waals surface area contributed by atoms with Crippen molar-refractivity contribution < 1.29 is 14.0 Å². The summed E-state index contributed by atoms with van der Waals surface area (Å²) in [5.74, 6) is -0.792. The van der Waals surface area contributed by atoms with Crippen LogP contribution in [0, 0.1) is 5.82 Å². The molecule has 136 valence electrons. The minimum atomic E-state index is -0.528. The zero-order valence-electron chi connectivity index (χ0n) is 14.5. The van der Waals surface area contributed by atoms with Crippen LogP contribution in [-0.4, -0.2) is 29.8 Å². The lowest BCUT2D eigenvalue weighted by Gasteiger charge is -2.22. The third-order valence-electron chi connectivity index (χ3n) is 4.35. The lowest BCUT2D eigenvalue weighted by molar-refractivity contribution is -0.129. The summed E-state index contributed by atoms with van der Waals surface area (Å²) in [5, 5.41) is 2.63. The number of allylic oxidation sites excluding steroid dienone is 1. The Morgan fingerprint density at radius 2 is 2.08 bits per heavy atom. The number of halogens is 2. The first-order valence-electron chi connectivity index (χ1n) is 8.64. The molecule has 1 aliphatic carbocycles. The second-order valence-corrected chi connectivity index (χ2v) is 6.70. The third-order valence-corrected chi connectivity index (χ3v) is 4.63. The summed E-state index contributed by atoms with van der Waals surface area (Å²) in [4.78, 5) is 25.5. The van der Waals surface area contributed by atoms with E-state index in [4.69, 9.17) is 11.6 Å². The van der Waals surface area contributed by atoms with E-state index in [1.807, 2.05) is 0 Å². The second kappa shape index (κ2) is 9.56. The van der Waals surface area contributed by atoms with Gasteiger partial charge in [-0.2, -0.15) is 0 Å². The molecule has 0 spiro atoms. The molecule has 0 aromatic heterocycles. The monoisotopic (exact) mass is 366 g/mol. The Labute approximate surface area is 153 Å². The van der Waals surface area contributed by atoms with Crippen molar-refractivity contribution in [2.45, 2.75) is 45.4 Å². The first-order chi connectivity index (χ1) is 12.0. The summed E-state index contributed by atoms with van der Waals surface area (Å²) in [6, 6.07) is 4.03. The molecule has 1 aromatic rings. The van der Waals surface area contributed by atoms with Gasteiger partial charge < -0.3 is 10.2 Å². The molecule has 0 heterocycles. The van der Waals surface area contributed by atoms with E-state index in [-0.39, 0.29) is 23.3 Å². The topological polar surface area (TPSA) is 49.4 Å². The lowest BCUT2D eigenvalue weighted by Crippen LogP contribution is -2.33. The van der Waals surface area contributed by atoms with E-state index in [0.29, 0.717) is 18.8 Å². The Bertz CT molecular complexity index is 661. The molecule has 0 aliphatic heterocycles. The van der Waals surface area contributed by atoms with Gasteiger partial charge in [0.2, 0.25) is 11.8 Å². The summed E-state index contributed by atoms with van der Waals surface area (Å²) >= 11 is 5.70. The summed E-state index contributed by atoms with van der Waals surface area (Å²) < 4.78 is 13.1. The molecule has 2 rings (SSSR count). The Kier molecular flexibility index (Phi) is 7.44. The number of rotatable bonds is 7. The van der Waals surface area contributed by atoms with Crippen molar-refractivity contribution in [3.63, 3.8) is 0 Å². The Hall–Kier alpha value is -1.88. The van der Waals surface area contributed by atoms with Crippen molar-refractivity contribution in [2.75, 3.05) is 18.4 Å². The molecule has 0 bridgehead atoms. The summed E-state index contributed by atoms with van der Waals surface area (Å²) in [5.41, 5.74) is 1.85. The standard InChI is InChI=1S/C19H24ClFN2O2/c1-14(24)23(11-9-15-5-3-2-4-6-15)12-10-19(25)22-16-7-8-18(21)17(20)13-16/h5,7-8,13H,2-4,6,9-12H2,1H3,(H,22,25). The van der Waals surface area contributed by atoms with Crippen LogP contribution in [0.25, 0.3) is 0 Å². The number of hydrogen-bond acceptors (Lipinski definition) is 2. The normalized spacial score (nSPS) is 14.0. The van der Waals surface area contributed by atoms with Crippen molar-refractivity contribution >= 4 is 29.1 Å². The molecule has 0 unspecified atom stereocenters. The molecule has 1 aromatic carbocycles. The summed E-state index contributed by atoms with van der Waals surface area (Å²) in [6.45, 7) is 2.52. The quantitative estimate of drug-likeness (QED) is 0.720. The van der Waals surface area contributed by atoms with Crippen LogP contribution in [0.2, 0.25) is 5.02 Å². The Morgan fingerprint density at radius 3 is 2.72 bits per heavy atom. The van der Waals surface area contributed by atoms with E-state index in [0.717, 1.165) is 19.3 Å². The van der Waals surface area contributed by atoms with Crippen LogP contribution in [0.4, 0.5) is 10.1 Å². The van der Waals surface area contributed by atoms with E-state index in [1.165, 1.54) is 43.5 Å². The van der Waals surface area contributed by atoms with Crippen molar-refractivity contribution in [2.24, 2.45) is 0 Å². The van der Waals surface area contributed by atoms with Gasteiger partial charge >= 0.3 is 0 Å². The highest BCUT2D eigenvalue weighted by Crippen LogP contribution is 2.21. The second-order valence-electron chi connectivity index (χ2n) is 6.29. The maximum atomic E-state index is 13.1. The van der Waals surface area contributed by atoms with Gasteiger partial charge in [-0.1, -0.05) is 23.3 Å². The Morgan fingerprint density at radius 1 is 1.28 bits per heavy atom. The van der Waals surface area contributed by atoms with E-state index in [9.17, 15) is 14.0 Å². The molecule has 0 saturated carbocycles. The predicted molar refractivity (Wildman–Crippen MR) is 98.1 cm³/mol. The van der Waals surface area contributed by atoms with Crippen molar-refractivity contribution in [1.29, 1.82) is 0 Å². The molecule has 2 amide bonds. The molecule has 6 heteroatoms. The lowest BCUT2D eigenvalue weighted by atomic mass is 9.97. The summed E-state index contributed by atoms with van der Waals surface area (Å²) in [6.07, 6.45) is 8.02. The van der Waals surface area contributed by atoms with E-state index in [1.54, 1.807) is 4.90 Å². The first-order valence-corrected chi connectivity index (χ1v) is 9.02. The molecule has 0 radical (unpaired) electrons. The number of nitrogens with zero attached hydrogens (tertiary/aromatic N) is 1. The minimum Gasteiger partial charge on any atom is -0.342 e. The van der Waals surface area contributed by atoms with Gasteiger partial charge in [-0.15, -0.1) is 0 Å². The molecule has 0 atom stereocenters. The molecule has 0 fully saturated rings. The van der Waals surface area contributed by atoms with Crippen molar-refractivity contribution in [3.05, 3.63) is 40.7 Å². The van der Waals surface area contributed by atoms with Crippen molar-refractivity contribution in [3.8, 4) is 0 Å². The van der Waals surface area contributed by atoms with Crippen LogP contribution >= 0.6 is 11.6 Å². The van der Waals surface area contributed by atoms with Crippen LogP contribution in [0.5, 0.6) is 0 Å². The number of amides is 2. The van der Waals surface area contributed by atoms with Gasteiger partial charge in [0.15, 0.2) is 0 Å². The molecular weight excluding hydrogens is 343 g/mol. The smallest absolute Gasteiger partial charge is 0.226 e. The Balaban J connectivity index is 1.80. The third kappa shape index (κ3) is 6.50. The number of carbonyl (C=O) groups is 2. The van der Waals surface area contributed by atoms with Crippen LogP contribution in [-0.2, 0) is 9.59 Å². The van der Waals surface area contributed by atoms with E-state index >= 15 is 0 Å². The van der Waals surface area contributed by atoms with Crippen LogP contribution in [0.3, 0.4) is 0 Å². The fraction of sp³-hybridized carbons (Fsp3) is 0.474. The van der Waals surface area contributed by atoms with Crippen LogP contribution in [0.1, 0.15) is 45.4 Å². The minimum absolute atomic E-state index is 0.0333. The van der Waals surface area contributed by atoms with Crippen molar-refractivity contribution in [1.82, 2.24) is 4.90 Å². The van der Waals surface area contributed by atoms with Gasteiger partial charge in [-0.05, 0) is 50.3 Å². The maximum absolute atomic E-state index is 13.1. The zero-order chi connectivity index (χ0) is 18.2. The van der Waals surface area contributed by atoms with Gasteiger partial charge in [0.05, 0.1) is 5.02 Å². The molecular formula is C19H24ClFN2O2. The summed E-state index contributed by atoms with van der Waals surface area (Å²) in [7, 11) is 0. The fourth-order valence-corrected chi connectivity index (χ4v) is 3.05. The average Bonchev–Trinajstić information content (AvgIpc) is 2.58. The largest absolute Gasteiger partial charge is 0.342 e. The average molecular weight is 367 g/mol. The SMILES string of the molecule is CC(=O)N(CCC(=O)Nc1ccc(F)c(Cl)c1)CCC1=CCCCC1. The highest BCUT2D eigenvalue weighted by molar-refractivity contribution is 6.31. The number of anilines is 1. The van der Waals surface area contributed by atoms with Crippen LogP contribution < -0.4 is 5.32 Å². The van der Waals surface area contributed by atoms with Gasteiger partial charge in [0.1, 0.15) is 5.82 Å². The van der Waals surface area contributed by atoms with Gasteiger partial charge in [0.25, 0.3) is 0 Å².